The number of rotatable bonds is 2. The molecule has 0 aliphatic heterocycles. The fraction of sp³-hybridized carbons (Fsp3) is 0.143. The summed E-state index contributed by atoms with van der Waals surface area (Å²) in [5.41, 5.74) is 0.557. The van der Waals surface area contributed by atoms with Crippen LogP contribution < -0.4 is 5.32 Å². The molecule has 0 unspecified atom stereocenters. The summed E-state index contributed by atoms with van der Waals surface area (Å²) in [6, 6.07) is 0. The number of nitrogens with one attached hydrogen (secondary N) is 2. The van der Waals surface area contributed by atoms with Gasteiger partial charge in [-0.15, -0.1) is 0 Å². The van der Waals surface area contributed by atoms with Crippen molar-refractivity contribution >= 4 is 34.6 Å². The van der Waals surface area contributed by atoms with E-state index in [9.17, 15) is 13.6 Å². The summed E-state index contributed by atoms with van der Waals surface area (Å²) in [4.78, 5) is 24.4. The molecule has 2 rings (SSSR count). The predicted octanol–water partition coefficient (Wildman–Crippen LogP) is 1.21. The molecule has 9 heteroatoms. The van der Waals surface area contributed by atoms with E-state index in [1.165, 1.54) is 6.33 Å². The van der Waals surface area contributed by atoms with Crippen LogP contribution in [-0.4, -0.2) is 32.3 Å². The van der Waals surface area contributed by atoms with Gasteiger partial charge in [-0.1, -0.05) is 11.6 Å². The molecule has 0 atom stereocenters. The van der Waals surface area contributed by atoms with Gasteiger partial charge >= 0.3 is 6.43 Å². The van der Waals surface area contributed by atoms with Gasteiger partial charge in [-0.3, -0.25) is 10.1 Å². The third-order valence-corrected chi connectivity index (χ3v) is 1.95. The molecule has 1 amide bonds. The number of aromatic amines is 1. The molecule has 0 saturated heterocycles. The number of fused-ring (bicyclic) bond motifs is 1. The van der Waals surface area contributed by atoms with Crippen molar-refractivity contribution in [3.8, 4) is 0 Å². The van der Waals surface area contributed by atoms with Gasteiger partial charge in [-0.2, -0.15) is 18.7 Å². The molecular formula is C7H4ClF2N5O. The summed E-state index contributed by atoms with van der Waals surface area (Å²) >= 11 is 5.71. The molecule has 0 aromatic carbocycles. The second-order valence-electron chi connectivity index (χ2n) is 2.73. The molecule has 2 aromatic rings. The number of H-pyrrole nitrogens is 1. The molecule has 84 valence electrons. The van der Waals surface area contributed by atoms with Crippen molar-refractivity contribution in [2.24, 2.45) is 0 Å². The number of hydrogen-bond acceptors (Lipinski definition) is 4. The number of nitrogens with zero attached hydrogens (tertiary/aromatic N) is 3. The first kappa shape index (κ1) is 10.7. The molecule has 0 saturated carbocycles. The zero-order valence-electron chi connectivity index (χ0n) is 7.54. The van der Waals surface area contributed by atoms with E-state index in [0.29, 0.717) is 5.52 Å². The molecule has 0 fully saturated rings. The van der Waals surface area contributed by atoms with Crippen LogP contribution in [0.25, 0.3) is 11.2 Å². The normalized spacial score (nSPS) is 11.0. The van der Waals surface area contributed by atoms with Crippen LogP contribution in [0.15, 0.2) is 6.33 Å². The van der Waals surface area contributed by atoms with Crippen molar-refractivity contribution in [1.82, 2.24) is 19.9 Å². The Kier molecular flexibility index (Phi) is 2.65. The van der Waals surface area contributed by atoms with Gasteiger partial charge in [0.05, 0.1) is 6.33 Å². The lowest BCUT2D eigenvalue weighted by Crippen LogP contribution is -2.21. The summed E-state index contributed by atoms with van der Waals surface area (Å²) in [5.74, 6) is -1.80. The van der Waals surface area contributed by atoms with E-state index < -0.39 is 12.3 Å². The summed E-state index contributed by atoms with van der Waals surface area (Å²) in [7, 11) is 0. The molecule has 0 aliphatic rings. The Morgan fingerprint density at radius 3 is 2.94 bits per heavy atom. The van der Waals surface area contributed by atoms with Gasteiger partial charge in [0.25, 0.3) is 5.91 Å². The van der Waals surface area contributed by atoms with Crippen molar-refractivity contribution in [3.05, 3.63) is 11.5 Å². The van der Waals surface area contributed by atoms with Gasteiger partial charge in [0, 0.05) is 0 Å². The van der Waals surface area contributed by atoms with E-state index in [0.717, 1.165) is 0 Å². The van der Waals surface area contributed by atoms with Crippen LogP contribution in [0.3, 0.4) is 0 Å². The van der Waals surface area contributed by atoms with Gasteiger partial charge in [0.1, 0.15) is 5.52 Å². The van der Waals surface area contributed by atoms with Crippen molar-refractivity contribution in [1.29, 1.82) is 0 Å². The first-order valence-corrected chi connectivity index (χ1v) is 4.41. The van der Waals surface area contributed by atoms with Crippen LogP contribution in [0.4, 0.5) is 14.7 Å². The summed E-state index contributed by atoms with van der Waals surface area (Å²) in [5, 5.41) is 1.81. The molecule has 2 heterocycles. The highest BCUT2D eigenvalue weighted by molar-refractivity contribution is 6.33. The van der Waals surface area contributed by atoms with Crippen molar-refractivity contribution in [3.63, 3.8) is 0 Å². The standard InChI is InChI=1S/C7H4ClF2N5O/c8-3-2-5(12-1-11-2)14-7(13-3)15-6(16)4(9)10/h1,4H,(H2,11,12,13,14,15,16). The maximum Gasteiger partial charge on any atom is 0.315 e. The Hall–Kier alpha value is -1.83. The van der Waals surface area contributed by atoms with E-state index in [1.54, 1.807) is 0 Å². The van der Waals surface area contributed by atoms with E-state index >= 15 is 0 Å². The Morgan fingerprint density at radius 1 is 1.50 bits per heavy atom. The zero-order valence-corrected chi connectivity index (χ0v) is 8.29. The van der Waals surface area contributed by atoms with E-state index in [4.69, 9.17) is 11.6 Å². The number of carbonyl (C=O) groups excluding carboxylic acids is 1. The van der Waals surface area contributed by atoms with Crippen molar-refractivity contribution < 1.29 is 13.6 Å². The quantitative estimate of drug-likeness (QED) is 0.782. The lowest BCUT2D eigenvalue weighted by atomic mass is 10.5. The van der Waals surface area contributed by atoms with E-state index in [2.05, 4.69) is 19.9 Å². The number of anilines is 1. The van der Waals surface area contributed by atoms with Crippen LogP contribution >= 0.6 is 11.6 Å². The highest BCUT2D eigenvalue weighted by atomic mass is 35.5. The maximum absolute atomic E-state index is 11.9. The minimum absolute atomic E-state index is 0.00735. The highest BCUT2D eigenvalue weighted by Crippen LogP contribution is 2.18. The molecular weight excluding hydrogens is 244 g/mol. The van der Waals surface area contributed by atoms with Crippen LogP contribution in [0.1, 0.15) is 0 Å². The number of amides is 1. The molecule has 0 aliphatic carbocycles. The fourth-order valence-corrected chi connectivity index (χ4v) is 1.24. The summed E-state index contributed by atoms with van der Waals surface area (Å²) in [6.07, 6.45) is -1.82. The fourth-order valence-electron chi connectivity index (χ4n) is 1.02. The maximum atomic E-state index is 11.9. The SMILES string of the molecule is O=C(Nc1nc(Cl)c2[nH]cnc2n1)C(F)F. The third-order valence-electron chi connectivity index (χ3n) is 1.67. The molecule has 0 radical (unpaired) electrons. The minimum Gasteiger partial charge on any atom is -0.341 e. The van der Waals surface area contributed by atoms with Crippen LogP contribution in [0.5, 0.6) is 0 Å². The lowest BCUT2D eigenvalue weighted by Gasteiger charge is -2.02. The molecule has 6 nitrogen and oxygen atoms in total. The Labute approximate surface area is 92.1 Å². The Balaban J connectivity index is 2.35. The van der Waals surface area contributed by atoms with E-state index in [-0.39, 0.29) is 16.7 Å². The Bertz CT molecular complexity index is 543. The second-order valence-corrected chi connectivity index (χ2v) is 3.09. The number of halogens is 3. The van der Waals surface area contributed by atoms with Gasteiger partial charge in [-0.05, 0) is 0 Å². The topological polar surface area (TPSA) is 83.6 Å². The first-order valence-electron chi connectivity index (χ1n) is 4.03. The Morgan fingerprint density at radius 2 is 2.25 bits per heavy atom. The van der Waals surface area contributed by atoms with Gasteiger partial charge in [0.15, 0.2) is 10.8 Å². The minimum atomic E-state index is -3.14. The highest BCUT2D eigenvalue weighted by Gasteiger charge is 2.17. The smallest absolute Gasteiger partial charge is 0.315 e. The lowest BCUT2D eigenvalue weighted by molar-refractivity contribution is -0.126. The zero-order chi connectivity index (χ0) is 11.7. The predicted molar refractivity (Wildman–Crippen MR) is 51.3 cm³/mol. The van der Waals surface area contributed by atoms with Gasteiger partial charge in [0.2, 0.25) is 5.95 Å². The third kappa shape index (κ3) is 1.91. The number of aromatic nitrogens is 4. The van der Waals surface area contributed by atoms with E-state index in [1.807, 2.05) is 5.32 Å². The second kappa shape index (κ2) is 3.97. The van der Waals surface area contributed by atoms with Crippen LogP contribution in [0, 0.1) is 0 Å². The van der Waals surface area contributed by atoms with Crippen LogP contribution in [-0.2, 0) is 4.79 Å². The number of alkyl halides is 2. The summed E-state index contributed by atoms with van der Waals surface area (Å²) < 4.78 is 23.9. The molecule has 2 aromatic heterocycles. The van der Waals surface area contributed by atoms with Crippen molar-refractivity contribution in [2.75, 3.05) is 5.32 Å². The van der Waals surface area contributed by atoms with Gasteiger partial charge in [-0.25, -0.2) is 4.98 Å². The summed E-state index contributed by atoms with van der Waals surface area (Å²) in [6.45, 7) is 0. The number of hydrogen-bond donors (Lipinski definition) is 2. The average molecular weight is 248 g/mol. The molecule has 16 heavy (non-hydrogen) atoms. The molecule has 0 spiro atoms. The average Bonchev–Trinajstić information content (AvgIpc) is 2.65. The first-order chi connectivity index (χ1) is 7.58. The van der Waals surface area contributed by atoms with Crippen LogP contribution in [0.2, 0.25) is 5.15 Å². The molecule has 2 N–H and O–H groups in total. The van der Waals surface area contributed by atoms with Gasteiger partial charge < -0.3 is 4.98 Å². The van der Waals surface area contributed by atoms with Crippen molar-refractivity contribution in [2.45, 2.75) is 6.43 Å². The number of imidazole rings is 1. The monoisotopic (exact) mass is 247 g/mol. The number of carbonyl (C=O) groups is 1. The molecule has 0 bridgehead atoms. The largest absolute Gasteiger partial charge is 0.341 e.